The van der Waals surface area contributed by atoms with Crippen molar-refractivity contribution in [3.63, 3.8) is 0 Å². The zero-order chi connectivity index (χ0) is 18.6. The highest BCUT2D eigenvalue weighted by Gasteiger charge is 2.01. The van der Waals surface area contributed by atoms with Crippen molar-refractivity contribution in [3.8, 4) is 0 Å². The number of hydrogen-bond donors (Lipinski definition) is 1. The van der Waals surface area contributed by atoms with Gasteiger partial charge in [0.05, 0.1) is 27.3 Å². The van der Waals surface area contributed by atoms with Gasteiger partial charge in [0.1, 0.15) is 0 Å². The molecule has 140 valence electrons. The zero-order valence-electron chi connectivity index (χ0n) is 14.6. The second-order valence-electron chi connectivity index (χ2n) is 5.36. The van der Waals surface area contributed by atoms with E-state index in [1.807, 2.05) is 31.2 Å². The van der Waals surface area contributed by atoms with Gasteiger partial charge >= 0.3 is 0 Å². The Bertz CT molecular complexity index is 713. The van der Waals surface area contributed by atoms with Crippen LogP contribution in [0.3, 0.4) is 0 Å². The van der Waals surface area contributed by atoms with Gasteiger partial charge in [-0.05, 0) is 31.2 Å². The van der Waals surface area contributed by atoms with Gasteiger partial charge in [-0.25, -0.2) is 0 Å². The maximum atomic E-state index is 6.09. The molecule has 2 aromatic rings. The average Bonchev–Trinajstić information content (AvgIpc) is 2.64. The maximum Gasteiger partial charge on any atom is 0.0932 e. The molecular weight excluding hydrogens is 407 g/mol. The summed E-state index contributed by atoms with van der Waals surface area (Å²) in [4.78, 5) is 13.1. The fourth-order valence-electron chi connectivity index (χ4n) is 2.02. The van der Waals surface area contributed by atoms with Gasteiger partial charge in [-0.2, -0.15) is 23.5 Å². The van der Waals surface area contributed by atoms with E-state index in [9.17, 15) is 0 Å². The van der Waals surface area contributed by atoms with Gasteiger partial charge in [0, 0.05) is 48.5 Å². The second-order valence-corrected chi connectivity index (χ2v) is 8.39. The Morgan fingerprint density at radius 2 is 1.58 bits per heavy atom. The zero-order valence-corrected chi connectivity index (χ0v) is 17.8. The molecule has 0 saturated carbocycles. The quantitative estimate of drug-likeness (QED) is 0.329. The van der Waals surface area contributed by atoms with Crippen LogP contribution in [0.2, 0.25) is 10.0 Å². The Morgan fingerprint density at radius 1 is 1.00 bits per heavy atom. The van der Waals surface area contributed by atoms with Crippen molar-refractivity contribution in [1.82, 2.24) is 15.3 Å². The third-order valence-electron chi connectivity index (χ3n) is 3.36. The molecule has 0 fully saturated rings. The third-order valence-corrected chi connectivity index (χ3v) is 5.97. The first-order valence-corrected chi connectivity index (χ1v) is 11.3. The molecule has 0 aliphatic carbocycles. The molecule has 2 heterocycles. The highest BCUT2D eigenvalue weighted by molar-refractivity contribution is 7.98. The van der Waals surface area contributed by atoms with Crippen molar-refractivity contribution >= 4 is 52.6 Å². The first-order valence-electron chi connectivity index (χ1n) is 8.26. The summed E-state index contributed by atoms with van der Waals surface area (Å²) in [5.74, 6) is 4.53. The minimum Gasteiger partial charge on any atom is -0.373 e. The molecule has 0 radical (unpaired) electrons. The largest absolute Gasteiger partial charge is 0.373 e. The van der Waals surface area contributed by atoms with Crippen LogP contribution in [0.1, 0.15) is 18.3 Å². The molecule has 8 heteroatoms. The van der Waals surface area contributed by atoms with Gasteiger partial charge in [0.25, 0.3) is 0 Å². The number of aromatic nitrogens is 2. The molecule has 0 atom stereocenters. The van der Waals surface area contributed by atoms with E-state index >= 15 is 0 Å². The maximum absolute atomic E-state index is 6.09. The first kappa shape index (κ1) is 21.4. The number of amidine groups is 1. The number of halogens is 2. The molecule has 0 bridgehead atoms. The summed E-state index contributed by atoms with van der Waals surface area (Å²) in [6.45, 7) is 3.66. The third kappa shape index (κ3) is 8.16. The lowest BCUT2D eigenvalue weighted by Crippen LogP contribution is -2.23. The number of rotatable bonds is 10. The van der Waals surface area contributed by atoms with Gasteiger partial charge in [-0.1, -0.05) is 23.2 Å². The van der Waals surface area contributed by atoms with E-state index < -0.39 is 0 Å². The summed E-state index contributed by atoms with van der Waals surface area (Å²) in [5.41, 5.74) is 1.87. The molecule has 0 aliphatic rings. The molecule has 1 N–H and O–H groups in total. The minimum atomic E-state index is 0.728. The van der Waals surface area contributed by atoms with Gasteiger partial charge in [-0.3, -0.25) is 15.0 Å². The SMILES string of the molecule is CC(=NCCSCc1ncccc1Cl)NCCSCc1ncccc1Cl. The number of pyridine rings is 2. The molecule has 26 heavy (non-hydrogen) atoms. The van der Waals surface area contributed by atoms with Crippen LogP contribution >= 0.6 is 46.7 Å². The minimum absolute atomic E-state index is 0.728. The Kier molecular flexibility index (Phi) is 10.2. The van der Waals surface area contributed by atoms with Crippen molar-refractivity contribution in [1.29, 1.82) is 0 Å². The van der Waals surface area contributed by atoms with Crippen molar-refractivity contribution in [2.75, 3.05) is 24.6 Å². The summed E-state index contributed by atoms with van der Waals surface area (Å²) in [6, 6.07) is 7.44. The first-order chi connectivity index (χ1) is 12.7. The Hall–Kier alpha value is -0.950. The molecule has 2 rings (SSSR count). The fourth-order valence-corrected chi connectivity index (χ4v) is 4.16. The molecule has 0 saturated heterocycles. The van der Waals surface area contributed by atoms with Crippen LogP contribution in [0.4, 0.5) is 0 Å². The number of hydrogen-bond acceptors (Lipinski definition) is 5. The van der Waals surface area contributed by atoms with Crippen LogP contribution in [0.25, 0.3) is 0 Å². The van der Waals surface area contributed by atoms with E-state index in [0.29, 0.717) is 0 Å². The monoisotopic (exact) mass is 428 g/mol. The molecule has 4 nitrogen and oxygen atoms in total. The molecule has 0 spiro atoms. The fraction of sp³-hybridized carbons (Fsp3) is 0.389. The van der Waals surface area contributed by atoms with E-state index in [-0.39, 0.29) is 0 Å². The van der Waals surface area contributed by atoms with Gasteiger partial charge in [-0.15, -0.1) is 0 Å². The molecule has 0 amide bonds. The lowest BCUT2D eigenvalue weighted by Gasteiger charge is -2.07. The summed E-state index contributed by atoms with van der Waals surface area (Å²) in [7, 11) is 0. The van der Waals surface area contributed by atoms with Crippen LogP contribution in [-0.2, 0) is 11.5 Å². The van der Waals surface area contributed by atoms with Crippen LogP contribution in [0, 0.1) is 0 Å². The smallest absolute Gasteiger partial charge is 0.0932 e. The predicted octanol–water partition coefficient (Wildman–Crippen LogP) is 4.96. The summed E-state index contributed by atoms with van der Waals surface area (Å²) >= 11 is 15.8. The van der Waals surface area contributed by atoms with Crippen molar-refractivity contribution in [2.24, 2.45) is 4.99 Å². The molecule has 2 aromatic heterocycles. The molecule has 0 unspecified atom stereocenters. The van der Waals surface area contributed by atoms with E-state index in [4.69, 9.17) is 23.2 Å². The number of nitrogens with zero attached hydrogens (tertiary/aromatic N) is 3. The predicted molar refractivity (Wildman–Crippen MR) is 117 cm³/mol. The van der Waals surface area contributed by atoms with Crippen molar-refractivity contribution in [3.05, 3.63) is 58.1 Å². The van der Waals surface area contributed by atoms with E-state index in [0.717, 1.165) is 63.4 Å². The second kappa shape index (κ2) is 12.4. The standard InChI is InChI=1S/C18H22Cl2N4S2/c1-14(21-8-10-25-12-17-15(19)4-2-6-23-17)22-9-11-26-13-18-16(20)5-3-7-24-18/h2-7H,8-13H2,1H3,(H,21,22). The highest BCUT2D eigenvalue weighted by Crippen LogP contribution is 2.19. The summed E-state index contributed by atoms with van der Waals surface area (Å²) in [6.07, 6.45) is 3.55. The van der Waals surface area contributed by atoms with E-state index in [1.54, 1.807) is 35.9 Å². The number of thioether (sulfide) groups is 2. The number of aliphatic imine (C=N–C) groups is 1. The topological polar surface area (TPSA) is 50.2 Å². The average molecular weight is 429 g/mol. The van der Waals surface area contributed by atoms with Gasteiger partial charge < -0.3 is 5.32 Å². The Labute approximate surface area is 173 Å². The lowest BCUT2D eigenvalue weighted by atomic mass is 10.4. The Morgan fingerprint density at radius 3 is 2.15 bits per heavy atom. The van der Waals surface area contributed by atoms with Crippen LogP contribution in [0.15, 0.2) is 41.7 Å². The van der Waals surface area contributed by atoms with Crippen molar-refractivity contribution < 1.29 is 0 Å². The van der Waals surface area contributed by atoms with Crippen LogP contribution < -0.4 is 5.32 Å². The number of nitrogens with one attached hydrogen (secondary N) is 1. The van der Waals surface area contributed by atoms with Crippen molar-refractivity contribution in [2.45, 2.75) is 18.4 Å². The summed E-state index contributed by atoms with van der Waals surface area (Å²) < 4.78 is 0. The summed E-state index contributed by atoms with van der Waals surface area (Å²) in [5, 5.41) is 4.79. The van der Waals surface area contributed by atoms with Gasteiger partial charge in [0.15, 0.2) is 0 Å². The van der Waals surface area contributed by atoms with E-state index in [1.165, 1.54) is 0 Å². The molecule has 0 aliphatic heterocycles. The van der Waals surface area contributed by atoms with E-state index in [2.05, 4.69) is 20.3 Å². The van der Waals surface area contributed by atoms with Gasteiger partial charge in [0.2, 0.25) is 0 Å². The van der Waals surface area contributed by atoms with Crippen LogP contribution in [0.5, 0.6) is 0 Å². The van der Waals surface area contributed by atoms with Crippen LogP contribution in [-0.4, -0.2) is 40.4 Å². The molecule has 0 aromatic carbocycles. The Balaban J connectivity index is 1.53. The molecular formula is C18H22Cl2N4S2. The normalized spacial score (nSPS) is 11.6. The highest BCUT2D eigenvalue weighted by atomic mass is 35.5. The lowest BCUT2D eigenvalue weighted by molar-refractivity contribution is 0.951.